The smallest absolute Gasteiger partial charge is 0.191 e. The van der Waals surface area contributed by atoms with Crippen LogP contribution in [-0.4, -0.2) is 45.2 Å². The summed E-state index contributed by atoms with van der Waals surface area (Å²) in [6.45, 7) is 4.60. The number of rotatable bonds is 9. The lowest BCUT2D eigenvalue weighted by molar-refractivity contribution is 0.392. The first-order chi connectivity index (χ1) is 13.5. The average molecular weight is 387 g/mol. The number of benzene rings is 2. The summed E-state index contributed by atoms with van der Waals surface area (Å²) in [6.07, 6.45) is 0.831. The van der Waals surface area contributed by atoms with Crippen LogP contribution in [-0.2, 0) is 19.5 Å². The summed E-state index contributed by atoms with van der Waals surface area (Å²) in [5, 5.41) is 6.60. The maximum absolute atomic E-state index is 13.9. The first-order valence-corrected chi connectivity index (χ1v) is 9.59. The number of hydrogen-bond donors (Lipinski definition) is 2. The summed E-state index contributed by atoms with van der Waals surface area (Å²) >= 11 is 0. The fourth-order valence-electron chi connectivity index (χ4n) is 2.93. The van der Waals surface area contributed by atoms with Crippen molar-refractivity contribution in [3.05, 3.63) is 65.0 Å². The second-order valence-corrected chi connectivity index (χ2v) is 6.85. The van der Waals surface area contributed by atoms with E-state index in [0.717, 1.165) is 42.3 Å². The molecule has 0 saturated carbocycles. The van der Waals surface area contributed by atoms with E-state index in [-0.39, 0.29) is 5.82 Å². The largest absolute Gasteiger partial charge is 0.496 e. The minimum Gasteiger partial charge on any atom is -0.496 e. The molecule has 0 aliphatic heterocycles. The van der Waals surface area contributed by atoms with E-state index in [1.807, 2.05) is 50.2 Å². The van der Waals surface area contributed by atoms with Crippen LogP contribution < -0.4 is 15.4 Å². The van der Waals surface area contributed by atoms with Gasteiger partial charge in [-0.05, 0) is 56.8 Å². The molecule has 0 unspecified atom stereocenters. The molecule has 2 aromatic rings. The predicted octanol–water partition coefficient (Wildman–Crippen LogP) is 3.19. The van der Waals surface area contributed by atoms with Gasteiger partial charge in [-0.3, -0.25) is 0 Å². The summed E-state index contributed by atoms with van der Waals surface area (Å²) in [6, 6.07) is 13.2. The number of nitrogens with one attached hydrogen (secondary N) is 2. The molecule has 2 N–H and O–H groups in total. The van der Waals surface area contributed by atoms with Crippen LogP contribution in [0.15, 0.2) is 47.5 Å². The molecule has 152 valence electrons. The number of nitrogens with zero attached hydrogens (tertiary/aromatic N) is 2. The van der Waals surface area contributed by atoms with Gasteiger partial charge >= 0.3 is 0 Å². The summed E-state index contributed by atoms with van der Waals surface area (Å²) in [7, 11) is 5.55. The van der Waals surface area contributed by atoms with Gasteiger partial charge in [0.15, 0.2) is 5.96 Å². The van der Waals surface area contributed by atoms with Crippen LogP contribution in [0, 0.1) is 5.82 Å². The number of guanidine groups is 1. The average Bonchev–Trinajstić information content (AvgIpc) is 2.68. The third-order valence-electron chi connectivity index (χ3n) is 4.24. The van der Waals surface area contributed by atoms with Crippen LogP contribution in [0.1, 0.15) is 23.6 Å². The molecular weight excluding hydrogens is 355 g/mol. The van der Waals surface area contributed by atoms with Crippen molar-refractivity contribution in [2.24, 2.45) is 4.99 Å². The molecule has 6 heteroatoms. The molecule has 0 fully saturated rings. The van der Waals surface area contributed by atoms with Crippen molar-refractivity contribution >= 4 is 5.96 Å². The number of methoxy groups -OCH3 is 1. The van der Waals surface area contributed by atoms with E-state index in [1.165, 1.54) is 6.07 Å². The summed E-state index contributed by atoms with van der Waals surface area (Å²) in [5.41, 5.74) is 2.83. The lowest BCUT2D eigenvalue weighted by atomic mass is 10.1. The van der Waals surface area contributed by atoms with Crippen LogP contribution in [0.3, 0.4) is 0 Å². The summed E-state index contributed by atoms with van der Waals surface area (Å²) in [5.74, 6) is 1.46. The molecule has 2 rings (SSSR count). The Labute approximate surface area is 167 Å². The Balaban J connectivity index is 1.98. The zero-order chi connectivity index (χ0) is 20.4. The molecule has 0 bridgehead atoms. The first kappa shape index (κ1) is 21.7. The highest BCUT2D eigenvalue weighted by molar-refractivity contribution is 5.79. The van der Waals surface area contributed by atoms with Gasteiger partial charge in [-0.2, -0.15) is 0 Å². The molecule has 5 nitrogen and oxygen atoms in total. The number of aliphatic imine (C=N–C) groups is 1. The fourth-order valence-corrected chi connectivity index (χ4v) is 2.93. The zero-order valence-electron chi connectivity index (χ0n) is 17.3. The van der Waals surface area contributed by atoms with Crippen LogP contribution in [0.5, 0.6) is 5.75 Å². The van der Waals surface area contributed by atoms with Crippen molar-refractivity contribution in [2.45, 2.75) is 26.4 Å². The Hall–Kier alpha value is -2.60. The van der Waals surface area contributed by atoms with Gasteiger partial charge in [0.1, 0.15) is 11.6 Å². The van der Waals surface area contributed by atoms with Crippen molar-refractivity contribution < 1.29 is 9.13 Å². The number of para-hydroxylation sites is 1. The zero-order valence-corrected chi connectivity index (χ0v) is 17.3. The van der Waals surface area contributed by atoms with Gasteiger partial charge < -0.3 is 20.3 Å². The normalized spacial score (nSPS) is 11.6. The van der Waals surface area contributed by atoms with E-state index in [0.29, 0.717) is 18.7 Å². The second-order valence-electron chi connectivity index (χ2n) is 6.85. The molecule has 0 radical (unpaired) electrons. The second kappa shape index (κ2) is 11.3. The summed E-state index contributed by atoms with van der Waals surface area (Å²) < 4.78 is 19.3. The Morgan fingerprint density at radius 2 is 1.89 bits per heavy atom. The van der Waals surface area contributed by atoms with E-state index >= 15 is 0 Å². The minimum absolute atomic E-state index is 0.178. The van der Waals surface area contributed by atoms with Gasteiger partial charge in [0.05, 0.1) is 13.7 Å². The van der Waals surface area contributed by atoms with Gasteiger partial charge in [0, 0.05) is 25.2 Å². The number of hydrogen-bond acceptors (Lipinski definition) is 3. The number of ether oxygens (including phenoxy) is 1. The van der Waals surface area contributed by atoms with Crippen molar-refractivity contribution in [3.8, 4) is 5.75 Å². The Bertz CT molecular complexity index is 777. The highest BCUT2D eigenvalue weighted by atomic mass is 19.1. The van der Waals surface area contributed by atoms with Gasteiger partial charge in [-0.1, -0.05) is 24.3 Å². The van der Waals surface area contributed by atoms with Gasteiger partial charge in [0.2, 0.25) is 0 Å². The lowest BCUT2D eigenvalue weighted by Gasteiger charge is -2.14. The van der Waals surface area contributed by atoms with E-state index in [9.17, 15) is 4.39 Å². The molecule has 0 aliphatic carbocycles. The maximum Gasteiger partial charge on any atom is 0.191 e. The molecule has 0 atom stereocenters. The molecule has 0 spiro atoms. The van der Waals surface area contributed by atoms with Crippen LogP contribution >= 0.6 is 0 Å². The fraction of sp³-hybridized carbons (Fsp3) is 0.409. The van der Waals surface area contributed by atoms with Gasteiger partial charge in [0.25, 0.3) is 0 Å². The number of halogens is 1. The van der Waals surface area contributed by atoms with Crippen molar-refractivity contribution in [3.63, 3.8) is 0 Å². The third kappa shape index (κ3) is 6.85. The first-order valence-electron chi connectivity index (χ1n) is 9.59. The minimum atomic E-state index is -0.178. The molecular formula is C22H31FN4O. The maximum atomic E-state index is 13.9. The molecule has 0 heterocycles. The predicted molar refractivity (Wildman–Crippen MR) is 113 cm³/mol. The van der Waals surface area contributed by atoms with E-state index in [1.54, 1.807) is 13.2 Å². The van der Waals surface area contributed by atoms with Crippen molar-refractivity contribution in [1.29, 1.82) is 0 Å². The Kier molecular flexibility index (Phi) is 8.75. The van der Waals surface area contributed by atoms with Crippen LogP contribution in [0.2, 0.25) is 0 Å². The van der Waals surface area contributed by atoms with Crippen LogP contribution in [0.4, 0.5) is 4.39 Å². The third-order valence-corrected chi connectivity index (χ3v) is 4.24. The monoisotopic (exact) mass is 386 g/mol. The highest BCUT2D eigenvalue weighted by Crippen LogP contribution is 2.17. The lowest BCUT2D eigenvalue weighted by Crippen LogP contribution is -2.38. The quantitative estimate of drug-likeness (QED) is 0.513. The molecule has 0 aliphatic rings. The molecule has 0 amide bonds. The highest BCUT2D eigenvalue weighted by Gasteiger charge is 2.06. The van der Waals surface area contributed by atoms with Gasteiger partial charge in [-0.25, -0.2) is 9.38 Å². The van der Waals surface area contributed by atoms with Gasteiger partial charge in [-0.15, -0.1) is 0 Å². The summed E-state index contributed by atoms with van der Waals surface area (Å²) in [4.78, 5) is 6.59. The molecule has 0 aromatic heterocycles. The molecule has 0 saturated heterocycles. The standard InChI is InChI=1S/C22H31FN4O/c1-5-24-22(25-13-12-18-8-6-7-9-21(18)28-4)26-15-17-10-11-20(23)19(14-17)16-27(2)3/h6-11,14H,5,12-13,15-16H2,1-4H3,(H2,24,25,26). The van der Waals surface area contributed by atoms with E-state index in [4.69, 9.17) is 4.74 Å². The van der Waals surface area contributed by atoms with Crippen LogP contribution in [0.25, 0.3) is 0 Å². The Morgan fingerprint density at radius 1 is 1.11 bits per heavy atom. The Morgan fingerprint density at radius 3 is 2.61 bits per heavy atom. The topological polar surface area (TPSA) is 48.9 Å². The van der Waals surface area contributed by atoms with E-state index in [2.05, 4.69) is 21.7 Å². The van der Waals surface area contributed by atoms with Crippen molar-refractivity contribution in [2.75, 3.05) is 34.3 Å². The van der Waals surface area contributed by atoms with E-state index < -0.39 is 0 Å². The molecule has 28 heavy (non-hydrogen) atoms. The van der Waals surface area contributed by atoms with Crippen molar-refractivity contribution in [1.82, 2.24) is 15.5 Å². The SMILES string of the molecule is CCNC(=NCc1ccc(F)c(CN(C)C)c1)NCCc1ccccc1OC. The molecule has 2 aromatic carbocycles.